The average molecular weight is 260 g/mol. The van der Waals surface area contributed by atoms with Crippen molar-refractivity contribution in [2.75, 3.05) is 19.1 Å². The Morgan fingerprint density at radius 2 is 2.17 bits per heavy atom. The third-order valence-corrected chi connectivity index (χ3v) is 3.18. The maximum Gasteiger partial charge on any atom is 0.146 e. The first-order chi connectivity index (χ1) is 8.72. The predicted octanol–water partition coefficient (Wildman–Crippen LogP) is 2.06. The molecule has 0 bridgehead atoms. The van der Waals surface area contributed by atoms with E-state index in [0.717, 1.165) is 0 Å². The molecular formula is C12H12N4OS. The molecule has 0 fully saturated rings. The molecule has 0 aliphatic rings. The monoisotopic (exact) mass is 260 g/mol. The molecule has 1 aromatic carbocycles. The van der Waals surface area contributed by atoms with Gasteiger partial charge in [-0.2, -0.15) is 10.4 Å². The fourth-order valence-corrected chi connectivity index (χ4v) is 2.16. The maximum atomic E-state index is 9.09. The lowest BCUT2D eigenvalue weighted by Crippen LogP contribution is -2.04. The Balaban J connectivity index is 2.65. The maximum absolute atomic E-state index is 9.09. The van der Waals surface area contributed by atoms with Gasteiger partial charge in [0.1, 0.15) is 33.9 Å². The van der Waals surface area contributed by atoms with E-state index in [4.69, 9.17) is 15.7 Å². The first-order valence-corrected chi connectivity index (χ1v) is 6.41. The summed E-state index contributed by atoms with van der Waals surface area (Å²) in [7, 11) is 1.58. The van der Waals surface area contributed by atoms with E-state index in [1.54, 1.807) is 7.11 Å². The molecule has 0 aliphatic heterocycles. The molecular weight excluding hydrogens is 248 g/mol. The SMILES string of the molecule is COc1ccccc1-n1nc(SC)c(C#N)c1N. The molecule has 1 heterocycles. The van der Waals surface area contributed by atoms with Gasteiger partial charge in [-0.05, 0) is 18.4 Å². The fraction of sp³-hybridized carbons (Fsp3) is 0.167. The van der Waals surface area contributed by atoms with Crippen LogP contribution in [0, 0.1) is 11.3 Å². The van der Waals surface area contributed by atoms with Crippen LogP contribution in [0.5, 0.6) is 5.75 Å². The van der Waals surface area contributed by atoms with E-state index >= 15 is 0 Å². The van der Waals surface area contributed by atoms with Crippen LogP contribution in [0.1, 0.15) is 5.56 Å². The number of nitrogen functional groups attached to an aromatic ring is 1. The average Bonchev–Trinajstić information content (AvgIpc) is 2.74. The van der Waals surface area contributed by atoms with Gasteiger partial charge in [-0.3, -0.25) is 0 Å². The minimum Gasteiger partial charge on any atom is -0.494 e. The summed E-state index contributed by atoms with van der Waals surface area (Å²) in [6.07, 6.45) is 1.86. The van der Waals surface area contributed by atoms with Crippen molar-refractivity contribution in [1.29, 1.82) is 5.26 Å². The van der Waals surface area contributed by atoms with Crippen LogP contribution in [0.3, 0.4) is 0 Å². The third-order valence-electron chi connectivity index (χ3n) is 2.51. The van der Waals surface area contributed by atoms with Crippen LogP contribution in [-0.4, -0.2) is 23.1 Å². The van der Waals surface area contributed by atoms with Gasteiger partial charge in [-0.15, -0.1) is 11.8 Å². The summed E-state index contributed by atoms with van der Waals surface area (Å²) in [4.78, 5) is 0. The number of methoxy groups -OCH3 is 1. The molecule has 0 spiro atoms. The Morgan fingerprint density at radius 3 is 2.72 bits per heavy atom. The molecule has 18 heavy (non-hydrogen) atoms. The molecule has 2 aromatic rings. The topological polar surface area (TPSA) is 76.9 Å². The van der Waals surface area contributed by atoms with E-state index in [9.17, 15) is 0 Å². The molecule has 5 nitrogen and oxygen atoms in total. The molecule has 6 heteroatoms. The molecule has 0 amide bonds. The van der Waals surface area contributed by atoms with Crippen molar-refractivity contribution in [1.82, 2.24) is 9.78 Å². The van der Waals surface area contributed by atoms with Crippen molar-refractivity contribution in [2.24, 2.45) is 0 Å². The quantitative estimate of drug-likeness (QED) is 0.855. The molecule has 1 aromatic heterocycles. The number of aromatic nitrogens is 2. The Bertz CT molecular complexity index is 615. The van der Waals surface area contributed by atoms with Crippen molar-refractivity contribution < 1.29 is 4.74 Å². The lowest BCUT2D eigenvalue weighted by Gasteiger charge is -2.08. The van der Waals surface area contributed by atoms with E-state index in [1.165, 1.54) is 16.4 Å². The molecule has 0 radical (unpaired) electrons. The van der Waals surface area contributed by atoms with E-state index < -0.39 is 0 Å². The van der Waals surface area contributed by atoms with E-state index in [0.29, 0.717) is 27.8 Å². The van der Waals surface area contributed by atoms with Crippen molar-refractivity contribution in [3.63, 3.8) is 0 Å². The lowest BCUT2D eigenvalue weighted by molar-refractivity contribution is 0.411. The van der Waals surface area contributed by atoms with Gasteiger partial charge < -0.3 is 10.5 Å². The number of ether oxygens (including phenoxy) is 1. The lowest BCUT2D eigenvalue weighted by atomic mass is 10.3. The first-order valence-electron chi connectivity index (χ1n) is 5.19. The van der Waals surface area contributed by atoms with Gasteiger partial charge >= 0.3 is 0 Å². The molecule has 0 unspecified atom stereocenters. The van der Waals surface area contributed by atoms with Gasteiger partial charge in [0.05, 0.1) is 7.11 Å². The molecule has 92 valence electrons. The summed E-state index contributed by atoms with van der Waals surface area (Å²) in [6, 6.07) is 9.46. The zero-order valence-electron chi connectivity index (χ0n) is 10.0. The standard InChI is InChI=1S/C12H12N4OS/c1-17-10-6-4-3-5-9(10)16-11(14)8(7-13)12(15-16)18-2/h3-6H,14H2,1-2H3. The highest BCUT2D eigenvalue weighted by Crippen LogP contribution is 2.30. The van der Waals surface area contributed by atoms with Crippen LogP contribution in [0.25, 0.3) is 5.69 Å². The second-order valence-electron chi connectivity index (χ2n) is 3.46. The summed E-state index contributed by atoms with van der Waals surface area (Å²) < 4.78 is 6.80. The zero-order chi connectivity index (χ0) is 13.1. The summed E-state index contributed by atoms with van der Waals surface area (Å²) in [5.74, 6) is 0.982. The number of anilines is 1. The third kappa shape index (κ3) is 1.89. The van der Waals surface area contributed by atoms with Crippen molar-refractivity contribution >= 4 is 17.6 Å². The molecule has 0 saturated heterocycles. The zero-order valence-corrected chi connectivity index (χ0v) is 10.9. The van der Waals surface area contributed by atoms with Gasteiger partial charge in [0.2, 0.25) is 0 Å². The number of nitrogens with zero attached hydrogens (tertiary/aromatic N) is 3. The van der Waals surface area contributed by atoms with E-state index in [-0.39, 0.29) is 0 Å². The van der Waals surface area contributed by atoms with Gasteiger partial charge in [0, 0.05) is 0 Å². The summed E-state index contributed by atoms with van der Waals surface area (Å²) in [5, 5.41) is 14.0. The minimum absolute atomic E-state index is 0.325. The largest absolute Gasteiger partial charge is 0.494 e. The van der Waals surface area contributed by atoms with Crippen LogP contribution >= 0.6 is 11.8 Å². The van der Waals surface area contributed by atoms with Crippen LogP contribution in [0.2, 0.25) is 0 Å². The Hall–Kier alpha value is -2.13. The van der Waals surface area contributed by atoms with Gasteiger partial charge in [0.15, 0.2) is 0 Å². The van der Waals surface area contributed by atoms with Crippen molar-refractivity contribution in [3.8, 4) is 17.5 Å². The summed E-state index contributed by atoms with van der Waals surface area (Å²) >= 11 is 1.39. The van der Waals surface area contributed by atoms with Gasteiger partial charge in [-0.1, -0.05) is 12.1 Å². The van der Waals surface area contributed by atoms with E-state index in [1.807, 2.05) is 30.5 Å². The molecule has 0 atom stereocenters. The first kappa shape index (κ1) is 12.3. The molecule has 2 N–H and O–H groups in total. The van der Waals surface area contributed by atoms with Gasteiger partial charge in [-0.25, -0.2) is 4.68 Å². The summed E-state index contributed by atoms with van der Waals surface area (Å²) in [6.45, 7) is 0. The van der Waals surface area contributed by atoms with Crippen LogP contribution in [-0.2, 0) is 0 Å². The fourth-order valence-electron chi connectivity index (χ4n) is 1.65. The van der Waals surface area contributed by atoms with Crippen LogP contribution in [0.4, 0.5) is 5.82 Å². The Morgan fingerprint density at radius 1 is 1.44 bits per heavy atom. The second kappa shape index (κ2) is 5.02. The highest BCUT2D eigenvalue weighted by Gasteiger charge is 2.17. The molecule has 0 aliphatic carbocycles. The normalized spacial score (nSPS) is 10.1. The summed E-state index contributed by atoms with van der Waals surface area (Å²) in [5.41, 5.74) is 7.07. The number of thioether (sulfide) groups is 1. The molecule has 0 saturated carbocycles. The smallest absolute Gasteiger partial charge is 0.146 e. The number of benzene rings is 1. The minimum atomic E-state index is 0.325. The molecule has 2 rings (SSSR count). The van der Waals surface area contributed by atoms with Crippen molar-refractivity contribution in [3.05, 3.63) is 29.8 Å². The number of nitrogens with two attached hydrogens (primary N) is 1. The number of hydrogen-bond acceptors (Lipinski definition) is 5. The van der Waals surface area contributed by atoms with Gasteiger partial charge in [0.25, 0.3) is 0 Å². The highest BCUT2D eigenvalue weighted by atomic mass is 32.2. The van der Waals surface area contributed by atoms with E-state index in [2.05, 4.69) is 11.2 Å². The number of hydrogen-bond donors (Lipinski definition) is 1. The van der Waals surface area contributed by atoms with Crippen LogP contribution < -0.4 is 10.5 Å². The Labute approximate surface area is 109 Å². The number of nitriles is 1. The predicted molar refractivity (Wildman–Crippen MR) is 71.0 cm³/mol. The highest BCUT2D eigenvalue weighted by molar-refractivity contribution is 7.98. The van der Waals surface area contributed by atoms with Crippen LogP contribution in [0.15, 0.2) is 29.3 Å². The second-order valence-corrected chi connectivity index (χ2v) is 4.26. The Kier molecular flexibility index (Phi) is 3.44. The van der Waals surface area contributed by atoms with Crippen molar-refractivity contribution in [2.45, 2.75) is 5.03 Å². The number of rotatable bonds is 3. The number of para-hydroxylation sites is 2.